The second kappa shape index (κ2) is 4.39. The van der Waals surface area contributed by atoms with Crippen LogP contribution in [0.5, 0.6) is 0 Å². The highest BCUT2D eigenvalue weighted by molar-refractivity contribution is 7.07. The van der Waals surface area contributed by atoms with Gasteiger partial charge in [0.2, 0.25) is 0 Å². The fourth-order valence-corrected chi connectivity index (χ4v) is 1.90. The minimum absolute atomic E-state index is 0.757. The number of rotatable bonds is 4. The minimum atomic E-state index is 0.757. The Morgan fingerprint density at radius 1 is 1.50 bits per heavy atom. The van der Waals surface area contributed by atoms with E-state index < -0.39 is 0 Å². The van der Waals surface area contributed by atoms with Gasteiger partial charge in [-0.2, -0.15) is 11.3 Å². The van der Waals surface area contributed by atoms with Gasteiger partial charge < -0.3 is 9.84 Å². The molecule has 14 heavy (non-hydrogen) atoms. The zero-order valence-corrected chi connectivity index (χ0v) is 8.80. The van der Waals surface area contributed by atoms with Gasteiger partial charge in [-0.3, -0.25) is 0 Å². The Balaban J connectivity index is 1.78. The van der Waals surface area contributed by atoms with Crippen molar-refractivity contribution in [3.63, 3.8) is 0 Å². The smallest absolute Gasteiger partial charge is 0.133 e. The molecule has 0 saturated heterocycles. The number of aryl methyl sites for hydroxylation is 1. The average Bonchev–Trinajstić information content (AvgIpc) is 2.77. The molecule has 74 valence electrons. The molecule has 2 aromatic rings. The molecule has 3 nitrogen and oxygen atoms in total. The van der Waals surface area contributed by atoms with Crippen molar-refractivity contribution < 1.29 is 4.52 Å². The summed E-state index contributed by atoms with van der Waals surface area (Å²) in [6.45, 7) is 3.54. The van der Waals surface area contributed by atoms with Crippen molar-refractivity contribution in [2.75, 3.05) is 0 Å². The van der Waals surface area contributed by atoms with Gasteiger partial charge in [-0.15, -0.1) is 0 Å². The summed E-state index contributed by atoms with van der Waals surface area (Å²) in [5.41, 5.74) is 2.27. The van der Waals surface area contributed by atoms with Gasteiger partial charge in [0.05, 0.1) is 5.69 Å². The van der Waals surface area contributed by atoms with Crippen LogP contribution in [-0.2, 0) is 13.1 Å². The fraction of sp³-hybridized carbons (Fsp3) is 0.300. The van der Waals surface area contributed by atoms with Crippen molar-refractivity contribution >= 4 is 11.3 Å². The lowest BCUT2D eigenvalue weighted by Gasteiger charge is -1.98. The van der Waals surface area contributed by atoms with Crippen LogP contribution in [-0.4, -0.2) is 5.16 Å². The number of aromatic nitrogens is 1. The molecule has 0 radical (unpaired) electrons. The summed E-state index contributed by atoms with van der Waals surface area (Å²) >= 11 is 1.72. The first-order valence-electron chi connectivity index (χ1n) is 4.48. The lowest BCUT2D eigenvalue weighted by atomic mass is 10.3. The van der Waals surface area contributed by atoms with E-state index in [1.54, 1.807) is 11.3 Å². The number of hydrogen-bond acceptors (Lipinski definition) is 4. The Hall–Kier alpha value is -1.13. The van der Waals surface area contributed by atoms with Crippen LogP contribution in [0.2, 0.25) is 0 Å². The molecule has 0 aliphatic carbocycles. The first-order chi connectivity index (χ1) is 6.84. The van der Waals surface area contributed by atoms with Crippen LogP contribution in [0.3, 0.4) is 0 Å². The normalized spacial score (nSPS) is 10.6. The molecule has 0 bridgehead atoms. The van der Waals surface area contributed by atoms with Crippen LogP contribution in [0.25, 0.3) is 0 Å². The highest BCUT2D eigenvalue weighted by Gasteiger charge is 1.99. The summed E-state index contributed by atoms with van der Waals surface area (Å²) in [5, 5.41) is 11.4. The van der Waals surface area contributed by atoms with E-state index in [4.69, 9.17) is 4.52 Å². The van der Waals surface area contributed by atoms with Crippen molar-refractivity contribution in [1.29, 1.82) is 0 Å². The van der Waals surface area contributed by atoms with E-state index in [0.29, 0.717) is 0 Å². The van der Waals surface area contributed by atoms with Crippen LogP contribution in [0.15, 0.2) is 27.4 Å². The van der Waals surface area contributed by atoms with Gasteiger partial charge in [-0.05, 0) is 29.3 Å². The molecule has 0 spiro atoms. The molecule has 1 N–H and O–H groups in total. The maximum absolute atomic E-state index is 4.96. The molecular formula is C10H12N2OS. The van der Waals surface area contributed by atoms with Gasteiger partial charge in [0.1, 0.15) is 5.76 Å². The Labute approximate surface area is 86.7 Å². The zero-order chi connectivity index (χ0) is 9.80. The highest BCUT2D eigenvalue weighted by Crippen LogP contribution is 2.06. The number of thiophene rings is 1. The molecule has 0 aromatic carbocycles. The fourth-order valence-electron chi connectivity index (χ4n) is 1.23. The van der Waals surface area contributed by atoms with Crippen LogP contribution in [0, 0.1) is 6.92 Å². The first kappa shape index (κ1) is 9.43. The van der Waals surface area contributed by atoms with Crippen LogP contribution in [0.1, 0.15) is 17.0 Å². The monoisotopic (exact) mass is 208 g/mol. The molecule has 0 fully saturated rings. The van der Waals surface area contributed by atoms with Crippen LogP contribution >= 0.6 is 11.3 Å². The summed E-state index contributed by atoms with van der Waals surface area (Å²) in [5.74, 6) is 0.859. The first-order valence-corrected chi connectivity index (χ1v) is 5.43. The summed E-state index contributed by atoms with van der Waals surface area (Å²) in [4.78, 5) is 0. The molecule has 0 aliphatic rings. The predicted octanol–water partition coefficient (Wildman–Crippen LogP) is 2.33. The van der Waals surface area contributed by atoms with Gasteiger partial charge in [-0.1, -0.05) is 5.16 Å². The molecular weight excluding hydrogens is 196 g/mol. The molecule has 0 unspecified atom stereocenters. The quantitative estimate of drug-likeness (QED) is 0.838. The summed E-state index contributed by atoms with van der Waals surface area (Å²) in [7, 11) is 0. The van der Waals surface area contributed by atoms with Crippen LogP contribution in [0.4, 0.5) is 0 Å². The predicted molar refractivity (Wildman–Crippen MR) is 56.1 cm³/mol. The minimum Gasteiger partial charge on any atom is -0.361 e. The van der Waals surface area contributed by atoms with Gasteiger partial charge in [0.25, 0.3) is 0 Å². The van der Waals surface area contributed by atoms with Gasteiger partial charge in [0, 0.05) is 19.2 Å². The SMILES string of the molecule is Cc1cc(CNCc2ccsc2)no1. The lowest BCUT2D eigenvalue weighted by molar-refractivity contribution is 0.388. The van der Waals surface area contributed by atoms with Crippen molar-refractivity contribution in [3.8, 4) is 0 Å². The van der Waals surface area contributed by atoms with E-state index in [1.165, 1.54) is 5.56 Å². The lowest BCUT2D eigenvalue weighted by Crippen LogP contribution is -2.12. The Kier molecular flexibility index (Phi) is 2.96. The van der Waals surface area contributed by atoms with E-state index in [9.17, 15) is 0 Å². The van der Waals surface area contributed by atoms with E-state index >= 15 is 0 Å². The van der Waals surface area contributed by atoms with E-state index in [0.717, 1.165) is 24.5 Å². The maximum atomic E-state index is 4.96. The summed E-state index contributed by atoms with van der Waals surface area (Å²) in [6.07, 6.45) is 0. The second-order valence-corrected chi connectivity index (χ2v) is 3.94. The highest BCUT2D eigenvalue weighted by atomic mass is 32.1. The maximum Gasteiger partial charge on any atom is 0.133 e. The van der Waals surface area contributed by atoms with E-state index in [2.05, 4.69) is 27.3 Å². The number of nitrogens with zero attached hydrogens (tertiary/aromatic N) is 1. The molecule has 0 amide bonds. The Bertz CT molecular complexity index is 380. The zero-order valence-electron chi connectivity index (χ0n) is 7.99. The van der Waals surface area contributed by atoms with Crippen molar-refractivity contribution in [1.82, 2.24) is 10.5 Å². The van der Waals surface area contributed by atoms with Crippen molar-refractivity contribution in [2.45, 2.75) is 20.0 Å². The standard InChI is InChI=1S/C10H12N2OS/c1-8-4-10(12-13-8)6-11-5-9-2-3-14-7-9/h2-4,7,11H,5-6H2,1H3. The molecule has 2 heterocycles. The molecule has 0 atom stereocenters. The van der Waals surface area contributed by atoms with Crippen molar-refractivity contribution in [2.24, 2.45) is 0 Å². The molecule has 4 heteroatoms. The Morgan fingerprint density at radius 3 is 3.07 bits per heavy atom. The molecule has 0 saturated carbocycles. The average molecular weight is 208 g/mol. The third-order valence-corrected chi connectivity index (χ3v) is 2.62. The van der Waals surface area contributed by atoms with Crippen LogP contribution < -0.4 is 5.32 Å². The topological polar surface area (TPSA) is 38.1 Å². The summed E-state index contributed by atoms with van der Waals surface area (Å²) in [6, 6.07) is 4.06. The number of nitrogens with one attached hydrogen (secondary N) is 1. The second-order valence-electron chi connectivity index (χ2n) is 3.16. The third kappa shape index (κ3) is 2.43. The van der Waals surface area contributed by atoms with Gasteiger partial charge >= 0.3 is 0 Å². The van der Waals surface area contributed by atoms with Gasteiger partial charge in [0.15, 0.2) is 0 Å². The van der Waals surface area contributed by atoms with E-state index in [1.807, 2.05) is 13.0 Å². The van der Waals surface area contributed by atoms with Crippen molar-refractivity contribution in [3.05, 3.63) is 39.9 Å². The molecule has 2 rings (SSSR count). The Morgan fingerprint density at radius 2 is 2.43 bits per heavy atom. The third-order valence-electron chi connectivity index (χ3n) is 1.89. The van der Waals surface area contributed by atoms with Gasteiger partial charge in [-0.25, -0.2) is 0 Å². The van der Waals surface area contributed by atoms with E-state index in [-0.39, 0.29) is 0 Å². The number of hydrogen-bond donors (Lipinski definition) is 1. The largest absolute Gasteiger partial charge is 0.361 e. The molecule has 2 aromatic heterocycles. The molecule has 0 aliphatic heterocycles. The summed E-state index contributed by atoms with van der Waals surface area (Å²) < 4.78 is 4.96.